The third-order valence-corrected chi connectivity index (χ3v) is 5.71. The van der Waals surface area contributed by atoms with Crippen LogP contribution in [0.2, 0.25) is 0 Å². The van der Waals surface area contributed by atoms with Crippen molar-refractivity contribution in [1.29, 1.82) is 0 Å². The van der Waals surface area contributed by atoms with Crippen molar-refractivity contribution in [2.24, 2.45) is 0 Å². The van der Waals surface area contributed by atoms with E-state index in [1.165, 1.54) is 0 Å². The van der Waals surface area contributed by atoms with Gasteiger partial charge in [-0.3, -0.25) is 4.68 Å². The van der Waals surface area contributed by atoms with Gasteiger partial charge in [0.2, 0.25) is 10.0 Å². The maximum absolute atomic E-state index is 11.9. The minimum Gasteiger partial charge on any atom is -0.260 e. The van der Waals surface area contributed by atoms with E-state index in [0.29, 0.717) is 13.0 Å². The first-order valence-electron chi connectivity index (χ1n) is 6.96. The van der Waals surface area contributed by atoms with Gasteiger partial charge in [-0.25, -0.2) is 13.1 Å². The van der Waals surface area contributed by atoms with Gasteiger partial charge < -0.3 is 0 Å². The van der Waals surface area contributed by atoms with E-state index in [1.807, 2.05) is 49.0 Å². The normalized spacial score (nSPS) is 13.5. The molecule has 0 amide bonds. The Labute approximate surface area is 130 Å². The first-order chi connectivity index (χ1) is 9.93. The Morgan fingerprint density at radius 1 is 1.43 bits per heavy atom. The molecule has 0 saturated heterocycles. The fourth-order valence-corrected chi connectivity index (χ4v) is 4.20. The van der Waals surface area contributed by atoms with E-state index in [4.69, 9.17) is 0 Å². The predicted molar refractivity (Wildman–Crippen MR) is 86.2 cm³/mol. The molecule has 1 unspecified atom stereocenters. The smallest absolute Gasteiger partial charge is 0.211 e. The van der Waals surface area contributed by atoms with Crippen LogP contribution >= 0.6 is 11.3 Å². The molecule has 0 saturated carbocycles. The minimum absolute atomic E-state index is 0.106. The molecule has 116 valence electrons. The molecule has 0 aliphatic heterocycles. The Bertz CT molecular complexity index is 675. The van der Waals surface area contributed by atoms with Gasteiger partial charge in [-0.1, -0.05) is 13.0 Å². The van der Waals surface area contributed by atoms with Crippen LogP contribution in [0.25, 0.3) is 0 Å². The molecule has 0 aliphatic carbocycles. The van der Waals surface area contributed by atoms with Crippen molar-refractivity contribution in [1.82, 2.24) is 14.5 Å². The zero-order chi connectivity index (χ0) is 15.5. The van der Waals surface area contributed by atoms with E-state index in [2.05, 4.69) is 9.82 Å². The van der Waals surface area contributed by atoms with Crippen LogP contribution in [-0.2, 0) is 10.0 Å². The van der Waals surface area contributed by atoms with Gasteiger partial charge in [0.1, 0.15) is 0 Å². The van der Waals surface area contributed by atoms with Crippen LogP contribution in [0, 0.1) is 13.8 Å². The summed E-state index contributed by atoms with van der Waals surface area (Å²) in [6, 6.07) is 5.88. The van der Waals surface area contributed by atoms with Crippen LogP contribution in [0.3, 0.4) is 0 Å². The first-order valence-corrected chi connectivity index (χ1v) is 9.49. The lowest BCUT2D eigenvalue weighted by Crippen LogP contribution is -2.33. The lowest BCUT2D eigenvalue weighted by molar-refractivity contribution is 0.499. The summed E-state index contributed by atoms with van der Waals surface area (Å²) >= 11 is 1.61. The molecule has 2 heterocycles. The molecule has 5 nitrogen and oxygen atoms in total. The van der Waals surface area contributed by atoms with Crippen LogP contribution in [0.15, 0.2) is 23.6 Å². The molecular weight excluding hydrogens is 306 g/mol. The largest absolute Gasteiger partial charge is 0.260 e. The molecule has 2 aromatic heterocycles. The molecule has 0 aliphatic rings. The van der Waals surface area contributed by atoms with E-state index < -0.39 is 10.0 Å². The van der Waals surface area contributed by atoms with Gasteiger partial charge in [0.05, 0.1) is 17.5 Å². The van der Waals surface area contributed by atoms with Crippen molar-refractivity contribution in [3.63, 3.8) is 0 Å². The number of hydrogen-bond acceptors (Lipinski definition) is 4. The summed E-state index contributed by atoms with van der Waals surface area (Å²) in [7, 11) is -3.22. The summed E-state index contributed by atoms with van der Waals surface area (Å²) in [5, 5.41) is 6.50. The van der Waals surface area contributed by atoms with Crippen LogP contribution in [0.5, 0.6) is 0 Å². The standard InChI is InChI=1S/C14H21N3O2S2/c1-4-8-21(18,19)15-10-13(14-6-5-7-20-14)17-12(3)9-11(2)16-17/h5-7,9,13,15H,4,8,10H2,1-3H3. The molecule has 7 heteroatoms. The van der Waals surface area contributed by atoms with Crippen molar-refractivity contribution >= 4 is 21.4 Å². The van der Waals surface area contributed by atoms with Crippen LogP contribution in [-0.4, -0.2) is 30.5 Å². The number of nitrogens with zero attached hydrogens (tertiary/aromatic N) is 2. The molecule has 0 aromatic carbocycles. The van der Waals surface area contributed by atoms with Crippen LogP contribution in [0.4, 0.5) is 0 Å². The van der Waals surface area contributed by atoms with Crippen molar-refractivity contribution in [3.8, 4) is 0 Å². The SMILES string of the molecule is CCCS(=O)(=O)NCC(c1cccs1)n1nc(C)cc1C. The molecule has 1 N–H and O–H groups in total. The third kappa shape index (κ3) is 4.15. The van der Waals surface area contributed by atoms with E-state index in [1.54, 1.807) is 11.3 Å². The third-order valence-electron chi connectivity index (χ3n) is 3.18. The predicted octanol–water partition coefficient (Wildman–Crippen LogP) is 2.48. The van der Waals surface area contributed by atoms with Crippen LogP contribution in [0.1, 0.15) is 35.7 Å². The first kappa shape index (κ1) is 16.2. The van der Waals surface area contributed by atoms with Gasteiger partial charge in [-0.05, 0) is 37.8 Å². The molecule has 0 fully saturated rings. The Balaban J connectivity index is 2.24. The average Bonchev–Trinajstić information content (AvgIpc) is 3.00. The van der Waals surface area contributed by atoms with Gasteiger partial charge in [-0.15, -0.1) is 11.3 Å². The highest BCUT2D eigenvalue weighted by Gasteiger charge is 2.20. The Morgan fingerprint density at radius 2 is 2.19 bits per heavy atom. The lowest BCUT2D eigenvalue weighted by atomic mass is 10.2. The van der Waals surface area contributed by atoms with Crippen molar-refractivity contribution in [2.45, 2.75) is 33.2 Å². The molecule has 0 radical (unpaired) electrons. The van der Waals surface area contributed by atoms with Gasteiger partial charge in [0, 0.05) is 17.1 Å². The summed E-state index contributed by atoms with van der Waals surface area (Å²) in [4.78, 5) is 1.10. The molecule has 1 atom stereocenters. The van der Waals surface area contributed by atoms with E-state index in [-0.39, 0.29) is 11.8 Å². The van der Waals surface area contributed by atoms with Gasteiger partial charge in [-0.2, -0.15) is 5.10 Å². The van der Waals surface area contributed by atoms with Crippen molar-refractivity contribution < 1.29 is 8.42 Å². The summed E-state index contributed by atoms with van der Waals surface area (Å²) in [6.07, 6.45) is 0.610. The second kappa shape index (κ2) is 6.72. The minimum atomic E-state index is -3.22. The molecule has 0 bridgehead atoms. The molecular formula is C14H21N3O2S2. The average molecular weight is 327 g/mol. The fourth-order valence-electron chi connectivity index (χ4n) is 2.30. The molecule has 2 aromatic rings. The number of sulfonamides is 1. The lowest BCUT2D eigenvalue weighted by Gasteiger charge is -2.18. The van der Waals surface area contributed by atoms with Crippen molar-refractivity contribution in [2.75, 3.05) is 12.3 Å². The van der Waals surface area contributed by atoms with Gasteiger partial charge in [0.15, 0.2) is 0 Å². The Kier molecular flexibility index (Phi) is 5.18. The monoisotopic (exact) mass is 327 g/mol. The Morgan fingerprint density at radius 3 is 2.71 bits per heavy atom. The number of aromatic nitrogens is 2. The topological polar surface area (TPSA) is 64.0 Å². The zero-order valence-corrected chi connectivity index (χ0v) is 14.2. The number of thiophene rings is 1. The summed E-state index contributed by atoms with van der Waals surface area (Å²) in [6.45, 7) is 6.11. The highest BCUT2D eigenvalue weighted by Crippen LogP contribution is 2.24. The van der Waals surface area contributed by atoms with E-state index >= 15 is 0 Å². The molecule has 2 rings (SSSR count). The fraction of sp³-hybridized carbons (Fsp3) is 0.500. The van der Waals surface area contributed by atoms with Crippen LogP contribution < -0.4 is 4.72 Å². The van der Waals surface area contributed by atoms with E-state index in [9.17, 15) is 8.42 Å². The Hall–Kier alpha value is -1.18. The summed E-state index contributed by atoms with van der Waals surface area (Å²) < 4.78 is 28.4. The molecule has 21 heavy (non-hydrogen) atoms. The second-order valence-electron chi connectivity index (χ2n) is 5.07. The van der Waals surface area contributed by atoms with Crippen molar-refractivity contribution in [3.05, 3.63) is 39.8 Å². The quantitative estimate of drug-likeness (QED) is 0.850. The highest BCUT2D eigenvalue weighted by molar-refractivity contribution is 7.89. The summed E-state index contributed by atoms with van der Waals surface area (Å²) in [5.41, 5.74) is 1.96. The van der Waals surface area contributed by atoms with Gasteiger partial charge >= 0.3 is 0 Å². The highest BCUT2D eigenvalue weighted by atomic mass is 32.2. The number of aryl methyl sites for hydroxylation is 2. The maximum atomic E-state index is 11.9. The number of hydrogen-bond donors (Lipinski definition) is 1. The molecule has 0 spiro atoms. The number of nitrogens with one attached hydrogen (secondary N) is 1. The number of rotatable bonds is 7. The zero-order valence-electron chi connectivity index (χ0n) is 12.5. The maximum Gasteiger partial charge on any atom is 0.211 e. The summed E-state index contributed by atoms with van der Waals surface area (Å²) in [5.74, 6) is 0.154. The second-order valence-corrected chi connectivity index (χ2v) is 7.98. The van der Waals surface area contributed by atoms with Gasteiger partial charge in [0.25, 0.3) is 0 Å². The van der Waals surface area contributed by atoms with E-state index in [0.717, 1.165) is 16.3 Å².